The van der Waals surface area contributed by atoms with Gasteiger partial charge in [-0.3, -0.25) is 4.79 Å². The van der Waals surface area contributed by atoms with Crippen molar-refractivity contribution in [3.63, 3.8) is 0 Å². The number of rotatable bonds is 4. The van der Waals surface area contributed by atoms with E-state index in [0.29, 0.717) is 10.7 Å². The molecule has 2 aromatic heterocycles. The predicted molar refractivity (Wildman–Crippen MR) is 92.5 cm³/mol. The maximum absolute atomic E-state index is 12.2. The van der Waals surface area contributed by atoms with Crippen LogP contribution in [0.2, 0.25) is 0 Å². The van der Waals surface area contributed by atoms with Crippen LogP contribution < -0.4 is 10.1 Å². The van der Waals surface area contributed by atoms with Gasteiger partial charge in [0.2, 0.25) is 5.91 Å². The van der Waals surface area contributed by atoms with Crippen molar-refractivity contribution < 1.29 is 13.9 Å². The Morgan fingerprint density at radius 2 is 2.12 bits per heavy atom. The number of methoxy groups -OCH3 is 1. The van der Waals surface area contributed by atoms with Crippen LogP contribution in [0.5, 0.6) is 5.75 Å². The van der Waals surface area contributed by atoms with Gasteiger partial charge in [-0.05, 0) is 35.9 Å². The van der Waals surface area contributed by atoms with Crippen molar-refractivity contribution in [2.24, 2.45) is 0 Å². The minimum absolute atomic E-state index is 0.125. The standard InChI is InChI=1S/C17H13N3O3S/c1-22-11-3-5-13-15(8-11)24-17(19-13)20-16(21)7-10-2-4-12-14(6-10)23-9-18-12/h2-6,8-9H,7H2,1H3,(H,19,20,21). The lowest BCUT2D eigenvalue weighted by atomic mass is 10.1. The summed E-state index contributed by atoms with van der Waals surface area (Å²) in [5, 5.41) is 3.41. The Kier molecular flexibility index (Phi) is 3.62. The average Bonchev–Trinajstić information content (AvgIpc) is 3.19. The van der Waals surface area contributed by atoms with E-state index in [0.717, 1.165) is 27.0 Å². The number of nitrogens with zero attached hydrogens (tertiary/aromatic N) is 2. The van der Waals surface area contributed by atoms with Gasteiger partial charge < -0.3 is 14.5 Å². The van der Waals surface area contributed by atoms with Crippen LogP contribution in [0.15, 0.2) is 47.2 Å². The second kappa shape index (κ2) is 5.93. The Hall–Kier alpha value is -2.93. The number of thiazole rings is 1. The molecule has 120 valence electrons. The van der Waals surface area contributed by atoms with E-state index < -0.39 is 0 Å². The number of nitrogens with one attached hydrogen (secondary N) is 1. The summed E-state index contributed by atoms with van der Waals surface area (Å²) in [6.07, 6.45) is 1.64. The van der Waals surface area contributed by atoms with Crippen molar-refractivity contribution in [3.8, 4) is 5.75 Å². The molecule has 0 aliphatic carbocycles. The van der Waals surface area contributed by atoms with Crippen molar-refractivity contribution in [1.82, 2.24) is 9.97 Å². The third-order valence-electron chi connectivity index (χ3n) is 3.60. The van der Waals surface area contributed by atoms with Crippen molar-refractivity contribution >= 4 is 43.7 Å². The van der Waals surface area contributed by atoms with Crippen molar-refractivity contribution in [3.05, 3.63) is 48.4 Å². The smallest absolute Gasteiger partial charge is 0.230 e. The molecule has 24 heavy (non-hydrogen) atoms. The van der Waals surface area contributed by atoms with Crippen molar-refractivity contribution in [1.29, 1.82) is 0 Å². The maximum Gasteiger partial charge on any atom is 0.230 e. The fraction of sp³-hybridized carbons (Fsp3) is 0.118. The molecule has 2 heterocycles. The van der Waals surface area contributed by atoms with E-state index in [1.54, 1.807) is 7.11 Å². The third kappa shape index (κ3) is 2.81. The summed E-state index contributed by atoms with van der Waals surface area (Å²) in [5.74, 6) is 0.643. The molecule has 0 bridgehead atoms. The second-order valence-corrected chi connectivity index (χ2v) is 6.26. The average molecular weight is 339 g/mol. The minimum Gasteiger partial charge on any atom is -0.497 e. The van der Waals surface area contributed by atoms with Crippen LogP contribution in [-0.4, -0.2) is 23.0 Å². The number of aromatic nitrogens is 2. The fourth-order valence-corrected chi connectivity index (χ4v) is 3.35. The molecule has 0 aliphatic rings. The van der Waals surface area contributed by atoms with Crippen LogP contribution in [0, 0.1) is 0 Å². The topological polar surface area (TPSA) is 77.2 Å². The number of carbonyl (C=O) groups is 1. The number of hydrogen-bond donors (Lipinski definition) is 1. The van der Waals surface area contributed by atoms with Gasteiger partial charge in [0.25, 0.3) is 0 Å². The highest BCUT2D eigenvalue weighted by molar-refractivity contribution is 7.22. The first-order valence-electron chi connectivity index (χ1n) is 7.28. The van der Waals surface area contributed by atoms with E-state index in [1.807, 2.05) is 36.4 Å². The molecule has 4 aromatic rings. The van der Waals surface area contributed by atoms with E-state index in [2.05, 4.69) is 15.3 Å². The zero-order valence-electron chi connectivity index (χ0n) is 12.8. The number of benzene rings is 2. The first-order valence-corrected chi connectivity index (χ1v) is 8.09. The van der Waals surface area contributed by atoms with Gasteiger partial charge in [0.05, 0.1) is 23.7 Å². The largest absolute Gasteiger partial charge is 0.497 e. The van der Waals surface area contributed by atoms with Gasteiger partial charge in [0.15, 0.2) is 17.1 Å². The molecule has 4 rings (SSSR count). The Morgan fingerprint density at radius 3 is 3.00 bits per heavy atom. The summed E-state index contributed by atoms with van der Waals surface area (Å²) in [6, 6.07) is 11.2. The van der Waals surface area contributed by atoms with Crippen LogP contribution in [0.3, 0.4) is 0 Å². The number of carbonyl (C=O) groups excluding carboxylic acids is 1. The van der Waals surface area contributed by atoms with Gasteiger partial charge in [0.1, 0.15) is 11.3 Å². The van der Waals surface area contributed by atoms with Gasteiger partial charge in [-0.1, -0.05) is 17.4 Å². The number of oxazole rings is 1. The summed E-state index contributed by atoms with van der Waals surface area (Å²) in [4.78, 5) is 20.7. The molecule has 0 atom stereocenters. The quantitative estimate of drug-likeness (QED) is 0.614. The molecule has 0 saturated heterocycles. The van der Waals surface area contributed by atoms with Gasteiger partial charge in [-0.25, -0.2) is 9.97 Å². The zero-order valence-corrected chi connectivity index (χ0v) is 13.6. The Labute approximate surface area is 141 Å². The van der Waals surface area contributed by atoms with Crippen LogP contribution >= 0.6 is 11.3 Å². The minimum atomic E-state index is -0.125. The second-order valence-electron chi connectivity index (χ2n) is 5.23. The monoisotopic (exact) mass is 339 g/mol. The molecule has 0 aliphatic heterocycles. The highest BCUT2D eigenvalue weighted by atomic mass is 32.1. The maximum atomic E-state index is 12.2. The van der Waals surface area contributed by atoms with Gasteiger partial charge >= 0.3 is 0 Å². The van der Waals surface area contributed by atoms with Gasteiger partial charge in [-0.2, -0.15) is 0 Å². The highest BCUT2D eigenvalue weighted by Gasteiger charge is 2.10. The molecular formula is C17H13N3O3S. The van der Waals surface area contributed by atoms with Crippen LogP contribution in [0.1, 0.15) is 5.56 Å². The molecule has 0 spiro atoms. The lowest BCUT2D eigenvalue weighted by molar-refractivity contribution is -0.115. The molecule has 1 amide bonds. The van der Waals surface area contributed by atoms with E-state index in [1.165, 1.54) is 17.7 Å². The summed E-state index contributed by atoms with van der Waals surface area (Å²) in [7, 11) is 1.62. The lowest BCUT2D eigenvalue weighted by Gasteiger charge is -2.01. The normalized spacial score (nSPS) is 11.0. The molecule has 7 heteroatoms. The third-order valence-corrected chi connectivity index (χ3v) is 4.54. The molecule has 0 saturated carbocycles. The fourth-order valence-electron chi connectivity index (χ4n) is 2.44. The lowest BCUT2D eigenvalue weighted by Crippen LogP contribution is -2.14. The molecule has 0 radical (unpaired) electrons. The molecule has 1 N–H and O–H groups in total. The number of fused-ring (bicyclic) bond motifs is 2. The van der Waals surface area contributed by atoms with Gasteiger partial charge in [-0.15, -0.1) is 0 Å². The van der Waals surface area contributed by atoms with E-state index in [-0.39, 0.29) is 12.3 Å². The van der Waals surface area contributed by atoms with Crippen molar-refractivity contribution in [2.45, 2.75) is 6.42 Å². The molecule has 6 nitrogen and oxygen atoms in total. The van der Waals surface area contributed by atoms with E-state index >= 15 is 0 Å². The van der Waals surface area contributed by atoms with E-state index in [9.17, 15) is 4.79 Å². The number of ether oxygens (including phenoxy) is 1. The number of amides is 1. The summed E-state index contributed by atoms with van der Waals surface area (Å²) >= 11 is 1.42. The highest BCUT2D eigenvalue weighted by Crippen LogP contribution is 2.29. The number of anilines is 1. The zero-order chi connectivity index (χ0) is 16.5. The molecular weight excluding hydrogens is 326 g/mol. The summed E-state index contributed by atoms with van der Waals surface area (Å²) in [6.45, 7) is 0. The summed E-state index contributed by atoms with van der Waals surface area (Å²) < 4.78 is 11.4. The van der Waals surface area contributed by atoms with Crippen LogP contribution in [0.4, 0.5) is 5.13 Å². The SMILES string of the molecule is COc1ccc2nc(NC(=O)Cc3ccc4ncoc4c3)sc2c1. The molecule has 0 fully saturated rings. The van der Waals surface area contributed by atoms with Crippen LogP contribution in [-0.2, 0) is 11.2 Å². The van der Waals surface area contributed by atoms with Crippen LogP contribution in [0.25, 0.3) is 21.3 Å². The predicted octanol–water partition coefficient (Wildman–Crippen LogP) is 3.63. The first-order chi connectivity index (χ1) is 11.7. The van der Waals surface area contributed by atoms with Gasteiger partial charge in [0, 0.05) is 0 Å². The van der Waals surface area contributed by atoms with Crippen molar-refractivity contribution in [2.75, 3.05) is 12.4 Å². The first kappa shape index (κ1) is 14.6. The Bertz CT molecular complexity index is 1040. The number of hydrogen-bond acceptors (Lipinski definition) is 6. The summed E-state index contributed by atoms with van der Waals surface area (Å²) in [5.41, 5.74) is 3.14. The Balaban J connectivity index is 1.50. The molecule has 2 aromatic carbocycles. The van der Waals surface area contributed by atoms with E-state index in [4.69, 9.17) is 9.15 Å². The molecule has 0 unspecified atom stereocenters. The Morgan fingerprint density at radius 1 is 1.25 bits per heavy atom.